The number of benzene rings is 2. The number of amides is 1. The fraction of sp³-hybridized carbons (Fsp3) is 0.240. The second kappa shape index (κ2) is 9.07. The van der Waals surface area contributed by atoms with Gasteiger partial charge in [-0.05, 0) is 73.0 Å². The first kappa shape index (κ1) is 21.2. The quantitative estimate of drug-likeness (QED) is 0.462. The van der Waals surface area contributed by atoms with Gasteiger partial charge in [0.05, 0.1) is 19.0 Å². The highest BCUT2D eigenvalue weighted by Crippen LogP contribution is 2.31. The number of thiophene rings is 1. The van der Waals surface area contributed by atoms with Crippen molar-refractivity contribution in [3.05, 3.63) is 71.3 Å². The van der Waals surface area contributed by atoms with Gasteiger partial charge in [-0.3, -0.25) is 14.2 Å². The second-order valence-electron chi connectivity index (χ2n) is 8.02. The lowest BCUT2D eigenvalue weighted by Crippen LogP contribution is -2.27. The van der Waals surface area contributed by atoms with Crippen LogP contribution < -0.4 is 20.5 Å². The maximum atomic E-state index is 13.0. The molecule has 4 aromatic rings. The molecule has 1 fully saturated rings. The van der Waals surface area contributed by atoms with E-state index in [4.69, 9.17) is 4.74 Å². The topological polar surface area (TPSA) is 76.5 Å². The third kappa shape index (κ3) is 4.47. The fourth-order valence-corrected chi connectivity index (χ4v) is 5.11. The van der Waals surface area contributed by atoms with Crippen LogP contribution in [-0.4, -0.2) is 35.7 Å². The van der Waals surface area contributed by atoms with Crippen LogP contribution >= 0.6 is 11.3 Å². The predicted octanol–water partition coefficient (Wildman–Crippen LogP) is 4.37. The predicted molar refractivity (Wildman–Crippen MR) is 132 cm³/mol. The van der Waals surface area contributed by atoms with Gasteiger partial charge in [0.25, 0.3) is 5.56 Å². The number of anilines is 2. The van der Waals surface area contributed by atoms with Crippen LogP contribution in [0.3, 0.4) is 0 Å². The van der Waals surface area contributed by atoms with E-state index >= 15 is 0 Å². The van der Waals surface area contributed by atoms with E-state index in [-0.39, 0.29) is 18.0 Å². The third-order valence-electron chi connectivity index (χ3n) is 5.81. The van der Waals surface area contributed by atoms with E-state index in [1.807, 2.05) is 54.6 Å². The molecule has 1 aliphatic rings. The molecule has 0 bridgehead atoms. The zero-order valence-electron chi connectivity index (χ0n) is 18.3. The van der Waals surface area contributed by atoms with E-state index < -0.39 is 0 Å². The molecular formula is C25H24N4O3S. The van der Waals surface area contributed by atoms with Gasteiger partial charge in [-0.2, -0.15) is 0 Å². The number of carbonyl (C=O) groups excluding carboxylic acids is 1. The van der Waals surface area contributed by atoms with Gasteiger partial charge in [0.1, 0.15) is 17.0 Å². The molecule has 0 radical (unpaired) electrons. The molecule has 3 heterocycles. The molecule has 0 atom stereocenters. The summed E-state index contributed by atoms with van der Waals surface area (Å²) in [6, 6.07) is 17.4. The number of aromatic nitrogens is 2. The molecule has 0 aliphatic carbocycles. The first-order chi connectivity index (χ1) is 16.1. The maximum Gasteiger partial charge on any atom is 0.271 e. The van der Waals surface area contributed by atoms with Crippen molar-refractivity contribution in [3.8, 4) is 16.2 Å². The smallest absolute Gasteiger partial charge is 0.271 e. The molecular weight excluding hydrogens is 436 g/mol. The standard InChI is InChI=1S/C25H24N4O3S/c1-32-20-10-4-17(5-11-20)22-14-21-24(33-22)25(31)29(16-26-21)15-23(30)27-18-6-8-19(9-7-18)28-12-2-3-13-28/h4-11,14,16H,2-3,12-13,15H2,1H3,(H,27,30). The Morgan fingerprint density at radius 1 is 1.09 bits per heavy atom. The van der Waals surface area contributed by atoms with Crippen molar-refractivity contribution < 1.29 is 9.53 Å². The summed E-state index contributed by atoms with van der Waals surface area (Å²) >= 11 is 1.38. The van der Waals surface area contributed by atoms with Crippen LogP contribution in [0.5, 0.6) is 5.75 Å². The SMILES string of the molecule is COc1ccc(-c2cc3ncn(CC(=O)Nc4ccc(N5CCCC5)cc4)c(=O)c3s2)cc1. The van der Waals surface area contributed by atoms with Crippen LogP contribution in [0.4, 0.5) is 11.4 Å². The number of nitrogens with zero attached hydrogens (tertiary/aromatic N) is 3. The summed E-state index contributed by atoms with van der Waals surface area (Å²) < 4.78 is 7.09. The number of methoxy groups -OCH3 is 1. The molecule has 2 aromatic heterocycles. The Bertz CT molecular complexity index is 1340. The molecule has 2 aromatic carbocycles. The largest absolute Gasteiger partial charge is 0.497 e. The molecule has 0 saturated carbocycles. The highest BCUT2D eigenvalue weighted by molar-refractivity contribution is 7.22. The van der Waals surface area contributed by atoms with Crippen molar-refractivity contribution >= 4 is 38.8 Å². The number of hydrogen-bond donors (Lipinski definition) is 1. The van der Waals surface area contributed by atoms with Crippen molar-refractivity contribution in [2.24, 2.45) is 0 Å². The van der Waals surface area contributed by atoms with Crippen molar-refractivity contribution in [2.75, 3.05) is 30.4 Å². The Kier molecular flexibility index (Phi) is 5.83. The van der Waals surface area contributed by atoms with Crippen LogP contribution in [0.1, 0.15) is 12.8 Å². The number of rotatable bonds is 6. The lowest BCUT2D eigenvalue weighted by Gasteiger charge is -2.17. The van der Waals surface area contributed by atoms with E-state index in [9.17, 15) is 9.59 Å². The van der Waals surface area contributed by atoms with Crippen molar-refractivity contribution in [1.29, 1.82) is 0 Å². The van der Waals surface area contributed by atoms with Gasteiger partial charge in [-0.1, -0.05) is 0 Å². The second-order valence-corrected chi connectivity index (χ2v) is 9.07. The molecule has 1 amide bonds. The normalized spacial score (nSPS) is 13.4. The van der Waals surface area contributed by atoms with Crippen LogP contribution in [0, 0.1) is 0 Å². The fourth-order valence-electron chi connectivity index (χ4n) is 4.04. The minimum Gasteiger partial charge on any atom is -0.497 e. The molecule has 1 saturated heterocycles. The highest BCUT2D eigenvalue weighted by atomic mass is 32.1. The van der Waals surface area contributed by atoms with Crippen molar-refractivity contribution in [1.82, 2.24) is 9.55 Å². The molecule has 5 rings (SSSR count). The lowest BCUT2D eigenvalue weighted by atomic mass is 10.2. The average molecular weight is 461 g/mol. The molecule has 0 unspecified atom stereocenters. The first-order valence-corrected chi connectivity index (χ1v) is 11.7. The summed E-state index contributed by atoms with van der Waals surface area (Å²) in [5.74, 6) is 0.510. The number of fused-ring (bicyclic) bond motifs is 1. The van der Waals surface area contributed by atoms with Crippen molar-refractivity contribution in [3.63, 3.8) is 0 Å². The third-order valence-corrected chi connectivity index (χ3v) is 6.98. The molecule has 8 heteroatoms. The van der Waals surface area contributed by atoms with Gasteiger partial charge in [-0.15, -0.1) is 11.3 Å². The first-order valence-electron chi connectivity index (χ1n) is 10.9. The highest BCUT2D eigenvalue weighted by Gasteiger charge is 2.14. The van der Waals surface area contributed by atoms with Crippen LogP contribution in [-0.2, 0) is 11.3 Å². The molecule has 7 nitrogen and oxygen atoms in total. The zero-order valence-corrected chi connectivity index (χ0v) is 19.1. The molecule has 1 aliphatic heterocycles. The summed E-state index contributed by atoms with van der Waals surface area (Å²) in [4.78, 5) is 33.2. The Morgan fingerprint density at radius 2 is 1.82 bits per heavy atom. The minimum absolute atomic E-state index is 0.0918. The van der Waals surface area contributed by atoms with E-state index in [1.54, 1.807) is 7.11 Å². The summed E-state index contributed by atoms with van der Waals surface area (Å²) in [6.45, 7) is 2.06. The lowest BCUT2D eigenvalue weighted by molar-refractivity contribution is -0.116. The van der Waals surface area contributed by atoms with Crippen LogP contribution in [0.15, 0.2) is 65.7 Å². The number of nitrogens with one attached hydrogen (secondary N) is 1. The van der Waals surface area contributed by atoms with Crippen LogP contribution in [0.2, 0.25) is 0 Å². The van der Waals surface area contributed by atoms with Gasteiger partial charge in [-0.25, -0.2) is 4.98 Å². The summed E-state index contributed by atoms with van der Waals surface area (Å²) in [5, 5.41) is 2.87. The Balaban J connectivity index is 1.30. The molecule has 1 N–H and O–H groups in total. The van der Waals surface area contributed by atoms with Crippen molar-refractivity contribution in [2.45, 2.75) is 19.4 Å². The molecule has 168 valence electrons. The summed E-state index contributed by atoms with van der Waals surface area (Å²) in [6.07, 6.45) is 3.88. The van der Waals surface area contributed by atoms with Gasteiger partial charge in [0.15, 0.2) is 0 Å². The maximum absolute atomic E-state index is 13.0. The van der Waals surface area contributed by atoms with Gasteiger partial charge >= 0.3 is 0 Å². The number of hydrogen-bond acceptors (Lipinski definition) is 6. The van der Waals surface area contributed by atoms with Gasteiger partial charge < -0.3 is 15.0 Å². The van der Waals surface area contributed by atoms with Crippen LogP contribution in [0.25, 0.3) is 20.7 Å². The summed E-state index contributed by atoms with van der Waals surface area (Å²) in [5.41, 5.74) is 3.28. The monoisotopic (exact) mass is 460 g/mol. The molecule has 0 spiro atoms. The van der Waals surface area contributed by atoms with Gasteiger partial charge in [0.2, 0.25) is 5.91 Å². The summed E-state index contributed by atoms with van der Waals surface area (Å²) in [7, 11) is 1.63. The molecule has 33 heavy (non-hydrogen) atoms. The Morgan fingerprint density at radius 3 is 2.52 bits per heavy atom. The Labute approximate surface area is 195 Å². The van der Waals surface area contributed by atoms with E-state index in [2.05, 4.69) is 15.2 Å². The average Bonchev–Trinajstić information content (AvgIpc) is 3.52. The van der Waals surface area contributed by atoms with Gasteiger partial charge in [0, 0.05) is 29.3 Å². The number of carbonyl (C=O) groups is 1. The minimum atomic E-state index is -0.265. The van der Waals surface area contributed by atoms with E-state index in [0.717, 1.165) is 29.3 Å². The zero-order chi connectivity index (χ0) is 22.8. The van der Waals surface area contributed by atoms with E-state index in [1.165, 1.54) is 40.8 Å². The van der Waals surface area contributed by atoms with E-state index in [0.29, 0.717) is 15.9 Å². The Hall–Kier alpha value is -3.65. The number of ether oxygens (including phenoxy) is 1.